The van der Waals surface area contributed by atoms with Crippen LogP contribution in [0.4, 0.5) is 4.39 Å². The van der Waals surface area contributed by atoms with Gasteiger partial charge in [0.2, 0.25) is 0 Å². The van der Waals surface area contributed by atoms with E-state index < -0.39 is 0 Å². The van der Waals surface area contributed by atoms with E-state index in [9.17, 15) is 4.39 Å². The highest BCUT2D eigenvalue weighted by Crippen LogP contribution is 2.31. The summed E-state index contributed by atoms with van der Waals surface area (Å²) in [7, 11) is 0. The molecule has 0 unspecified atom stereocenters. The van der Waals surface area contributed by atoms with Gasteiger partial charge in [-0.25, -0.2) is 4.39 Å². The molecule has 1 aromatic heterocycles. The molecule has 0 saturated heterocycles. The minimum absolute atomic E-state index is 0.141. The molecule has 1 aromatic carbocycles. The third-order valence-electron chi connectivity index (χ3n) is 1.50. The lowest BCUT2D eigenvalue weighted by Crippen LogP contribution is -1.70. The van der Waals surface area contributed by atoms with Crippen LogP contribution in [0.25, 0.3) is 10.1 Å². The third kappa shape index (κ3) is 1.08. The van der Waals surface area contributed by atoms with E-state index in [4.69, 9.17) is 0 Å². The maximum atomic E-state index is 13.0. The van der Waals surface area contributed by atoms with Crippen LogP contribution in [0.3, 0.4) is 0 Å². The van der Waals surface area contributed by atoms with Gasteiger partial charge >= 0.3 is 0 Å². The maximum Gasteiger partial charge on any atom is 0.141 e. The van der Waals surface area contributed by atoms with Gasteiger partial charge in [-0.05, 0) is 22.0 Å². The molecule has 2 aromatic rings. The minimum Gasteiger partial charge on any atom is -0.205 e. The first-order valence-electron chi connectivity index (χ1n) is 3.10. The molecule has 0 atom stereocenters. The Morgan fingerprint density at radius 2 is 2.18 bits per heavy atom. The Hall–Kier alpha value is -0.410. The van der Waals surface area contributed by atoms with Crippen molar-refractivity contribution in [2.75, 3.05) is 0 Å². The number of thiophene rings is 1. The zero-order chi connectivity index (χ0) is 7.84. The maximum absolute atomic E-state index is 13.0. The fourth-order valence-corrected chi connectivity index (χ4v) is 2.57. The molecular weight excluding hydrogens is 227 g/mol. The average Bonchev–Trinajstić information content (AvgIpc) is 2.35. The van der Waals surface area contributed by atoms with Crippen LogP contribution in [0.5, 0.6) is 0 Å². The Kier molecular flexibility index (Phi) is 1.69. The SMILES string of the molecule is Fc1cccc2c(Br)csc12. The number of benzene rings is 1. The van der Waals surface area contributed by atoms with Crippen LogP contribution >= 0.6 is 27.3 Å². The molecule has 0 nitrogen and oxygen atoms in total. The van der Waals surface area contributed by atoms with E-state index in [1.165, 1.54) is 17.4 Å². The summed E-state index contributed by atoms with van der Waals surface area (Å²) >= 11 is 4.76. The molecule has 0 amide bonds. The van der Waals surface area contributed by atoms with Crippen molar-refractivity contribution in [2.24, 2.45) is 0 Å². The van der Waals surface area contributed by atoms with E-state index in [0.717, 1.165) is 14.6 Å². The Balaban J connectivity index is 2.94. The van der Waals surface area contributed by atoms with Crippen LogP contribution in [-0.4, -0.2) is 0 Å². The Bertz CT molecular complexity index is 394. The van der Waals surface area contributed by atoms with E-state index >= 15 is 0 Å². The van der Waals surface area contributed by atoms with Crippen molar-refractivity contribution in [2.45, 2.75) is 0 Å². The topological polar surface area (TPSA) is 0 Å². The molecule has 0 fully saturated rings. The predicted octanol–water partition coefficient (Wildman–Crippen LogP) is 3.80. The zero-order valence-electron chi connectivity index (χ0n) is 5.47. The molecule has 0 aliphatic rings. The summed E-state index contributed by atoms with van der Waals surface area (Å²) in [4.78, 5) is 0. The van der Waals surface area contributed by atoms with Crippen molar-refractivity contribution in [3.8, 4) is 0 Å². The number of hydrogen-bond acceptors (Lipinski definition) is 1. The molecular formula is C8H4BrFS. The van der Waals surface area contributed by atoms with Crippen molar-refractivity contribution in [3.63, 3.8) is 0 Å². The number of fused-ring (bicyclic) bond motifs is 1. The van der Waals surface area contributed by atoms with Gasteiger partial charge in [0, 0.05) is 15.2 Å². The summed E-state index contributed by atoms with van der Waals surface area (Å²) in [6.45, 7) is 0. The molecule has 0 saturated carbocycles. The summed E-state index contributed by atoms with van der Waals surface area (Å²) in [6.07, 6.45) is 0. The molecule has 2 rings (SSSR count). The van der Waals surface area contributed by atoms with E-state index in [1.807, 2.05) is 11.4 Å². The highest BCUT2D eigenvalue weighted by atomic mass is 79.9. The van der Waals surface area contributed by atoms with E-state index in [-0.39, 0.29) is 5.82 Å². The Morgan fingerprint density at radius 3 is 2.91 bits per heavy atom. The summed E-state index contributed by atoms with van der Waals surface area (Å²) in [5.74, 6) is -0.141. The van der Waals surface area contributed by atoms with Crippen LogP contribution in [-0.2, 0) is 0 Å². The molecule has 0 N–H and O–H groups in total. The van der Waals surface area contributed by atoms with Crippen LogP contribution in [0.15, 0.2) is 28.1 Å². The molecule has 0 spiro atoms. The lowest BCUT2D eigenvalue weighted by molar-refractivity contribution is 0.641. The zero-order valence-corrected chi connectivity index (χ0v) is 7.88. The van der Waals surface area contributed by atoms with Gasteiger partial charge in [-0.3, -0.25) is 0 Å². The second-order valence-corrected chi connectivity index (χ2v) is 3.93. The normalized spacial score (nSPS) is 10.7. The molecule has 3 heteroatoms. The predicted molar refractivity (Wildman–Crippen MR) is 49.5 cm³/mol. The van der Waals surface area contributed by atoms with Gasteiger partial charge in [0.1, 0.15) is 5.82 Å². The van der Waals surface area contributed by atoms with Gasteiger partial charge in [-0.1, -0.05) is 12.1 Å². The largest absolute Gasteiger partial charge is 0.205 e. The van der Waals surface area contributed by atoms with Gasteiger partial charge in [-0.2, -0.15) is 0 Å². The lowest BCUT2D eigenvalue weighted by atomic mass is 10.3. The Labute approximate surface area is 75.8 Å². The van der Waals surface area contributed by atoms with Crippen LogP contribution in [0.1, 0.15) is 0 Å². The quantitative estimate of drug-likeness (QED) is 0.646. The first-order chi connectivity index (χ1) is 5.29. The molecule has 0 aliphatic heterocycles. The summed E-state index contributed by atoms with van der Waals surface area (Å²) in [6, 6.07) is 5.10. The average molecular weight is 231 g/mol. The van der Waals surface area contributed by atoms with Crippen molar-refractivity contribution in [3.05, 3.63) is 33.9 Å². The van der Waals surface area contributed by atoms with Crippen LogP contribution in [0, 0.1) is 5.82 Å². The van der Waals surface area contributed by atoms with Gasteiger partial charge in [-0.15, -0.1) is 11.3 Å². The summed E-state index contributed by atoms with van der Waals surface area (Å²) in [5, 5.41) is 2.85. The van der Waals surface area contributed by atoms with Crippen molar-refractivity contribution >= 4 is 37.4 Å². The fourth-order valence-electron chi connectivity index (χ4n) is 0.991. The second-order valence-electron chi connectivity index (χ2n) is 2.20. The molecule has 1 heterocycles. The molecule has 0 aliphatic carbocycles. The molecule has 56 valence electrons. The second kappa shape index (κ2) is 2.57. The number of hydrogen-bond donors (Lipinski definition) is 0. The van der Waals surface area contributed by atoms with Crippen LogP contribution in [0.2, 0.25) is 0 Å². The van der Waals surface area contributed by atoms with E-state index in [0.29, 0.717) is 0 Å². The van der Waals surface area contributed by atoms with E-state index in [2.05, 4.69) is 15.9 Å². The number of halogens is 2. The first kappa shape index (κ1) is 7.25. The standard InChI is InChI=1S/C8H4BrFS/c9-6-4-11-8-5(6)2-1-3-7(8)10/h1-4H. The van der Waals surface area contributed by atoms with Crippen molar-refractivity contribution in [1.82, 2.24) is 0 Å². The molecule has 11 heavy (non-hydrogen) atoms. The lowest BCUT2D eigenvalue weighted by Gasteiger charge is -1.89. The van der Waals surface area contributed by atoms with Gasteiger partial charge in [0.15, 0.2) is 0 Å². The van der Waals surface area contributed by atoms with Crippen molar-refractivity contribution in [1.29, 1.82) is 0 Å². The highest BCUT2D eigenvalue weighted by molar-refractivity contribution is 9.10. The smallest absolute Gasteiger partial charge is 0.141 e. The number of rotatable bonds is 0. The monoisotopic (exact) mass is 230 g/mol. The summed E-state index contributed by atoms with van der Waals surface area (Å²) in [5.41, 5.74) is 0. The van der Waals surface area contributed by atoms with E-state index in [1.54, 1.807) is 6.07 Å². The van der Waals surface area contributed by atoms with Crippen molar-refractivity contribution < 1.29 is 4.39 Å². The van der Waals surface area contributed by atoms with Crippen LogP contribution < -0.4 is 0 Å². The molecule has 0 bridgehead atoms. The fraction of sp³-hybridized carbons (Fsp3) is 0. The Morgan fingerprint density at radius 1 is 1.36 bits per heavy atom. The van der Waals surface area contributed by atoms with Gasteiger partial charge in [0.25, 0.3) is 0 Å². The van der Waals surface area contributed by atoms with Gasteiger partial charge < -0.3 is 0 Å². The first-order valence-corrected chi connectivity index (χ1v) is 4.77. The minimum atomic E-state index is -0.141. The molecule has 0 radical (unpaired) electrons. The highest BCUT2D eigenvalue weighted by Gasteiger charge is 2.03. The summed E-state index contributed by atoms with van der Waals surface area (Å²) < 4.78 is 14.7. The third-order valence-corrected chi connectivity index (χ3v) is 3.47. The van der Waals surface area contributed by atoms with Gasteiger partial charge in [0.05, 0.1) is 4.70 Å².